The molecule has 0 aliphatic rings. The van der Waals surface area contributed by atoms with Gasteiger partial charge < -0.3 is 15.4 Å². The highest BCUT2D eigenvalue weighted by Crippen LogP contribution is 2.22. The van der Waals surface area contributed by atoms with Gasteiger partial charge in [0.05, 0.1) is 6.10 Å². The number of aliphatic hydroxyl groups excluding tert-OH is 1. The lowest BCUT2D eigenvalue weighted by atomic mass is 10.1. The molecule has 1 amide bonds. The summed E-state index contributed by atoms with van der Waals surface area (Å²) in [5.41, 5.74) is 3.72. The van der Waals surface area contributed by atoms with E-state index in [-0.39, 0.29) is 5.91 Å². The minimum Gasteiger partial charge on any atom is -0.393 e. The predicted octanol–water partition coefficient (Wildman–Crippen LogP) is 2.29. The van der Waals surface area contributed by atoms with Crippen molar-refractivity contribution in [3.8, 4) is 0 Å². The average molecular weight is 260 g/mol. The summed E-state index contributed by atoms with van der Waals surface area (Å²) >= 11 is 0. The number of carbonyl (C=O) groups is 1. The Morgan fingerprint density at radius 2 is 2.16 bits per heavy atom. The average Bonchev–Trinajstić information content (AvgIpc) is 2.66. The monoisotopic (exact) mass is 260 g/mol. The molecule has 2 aromatic rings. The predicted molar refractivity (Wildman–Crippen MR) is 76.4 cm³/mol. The molecule has 1 aromatic carbocycles. The van der Waals surface area contributed by atoms with E-state index in [4.69, 9.17) is 0 Å². The van der Waals surface area contributed by atoms with Crippen LogP contribution in [0.15, 0.2) is 18.2 Å². The summed E-state index contributed by atoms with van der Waals surface area (Å²) in [6, 6.07) is 6.09. The molecule has 1 atom stereocenters. The van der Waals surface area contributed by atoms with Crippen LogP contribution < -0.4 is 5.32 Å². The highest BCUT2D eigenvalue weighted by atomic mass is 16.3. The van der Waals surface area contributed by atoms with E-state index in [9.17, 15) is 9.90 Å². The van der Waals surface area contributed by atoms with E-state index in [2.05, 4.69) is 16.4 Å². The fraction of sp³-hybridized carbons (Fsp3) is 0.400. The molecular formula is C15H20N2O2. The molecule has 0 fully saturated rings. The number of rotatable bonds is 4. The number of carbonyl (C=O) groups excluding carboxylic acids is 1. The van der Waals surface area contributed by atoms with Crippen molar-refractivity contribution in [2.24, 2.45) is 0 Å². The zero-order chi connectivity index (χ0) is 14.0. The van der Waals surface area contributed by atoms with Crippen LogP contribution in [-0.2, 0) is 0 Å². The molecule has 0 spiro atoms. The second-order valence-electron chi connectivity index (χ2n) is 5.07. The minimum atomic E-state index is -0.397. The Kier molecular flexibility index (Phi) is 3.90. The molecule has 4 heteroatoms. The van der Waals surface area contributed by atoms with Crippen LogP contribution in [0.5, 0.6) is 0 Å². The lowest BCUT2D eigenvalue weighted by Crippen LogP contribution is -2.27. The third kappa shape index (κ3) is 2.96. The van der Waals surface area contributed by atoms with Gasteiger partial charge in [-0.2, -0.15) is 0 Å². The summed E-state index contributed by atoms with van der Waals surface area (Å²) < 4.78 is 0. The molecule has 102 valence electrons. The summed E-state index contributed by atoms with van der Waals surface area (Å²) in [6.07, 6.45) is 0.163. The number of amides is 1. The molecule has 0 aliphatic heterocycles. The van der Waals surface area contributed by atoms with E-state index >= 15 is 0 Å². The summed E-state index contributed by atoms with van der Waals surface area (Å²) in [7, 11) is 0. The van der Waals surface area contributed by atoms with Crippen molar-refractivity contribution in [2.75, 3.05) is 6.54 Å². The van der Waals surface area contributed by atoms with Gasteiger partial charge in [0, 0.05) is 17.4 Å². The first-order valence-corrected chi connectivity index (χ1v) is 6.54. The first-order valence-electron chi connectivity index (χ1n) is 6.54. The number of H-pyrrole nitrogens is 1. The fourth-order valence-corrected chi connectivity index (χ4v) is 2.15. The summed E-state index contributed by atoms with van der Waals surface area (Å²) in [4.78, 5) is 15.2. The van der Waals surface area contributed by atoms with Crippen LogP contribution in [0.1, 0.15) is 35.0 Å². The van der Waals surface area contributed by atoms with Crippen molar-refractivity contribution in [3.63, 3.8) is 0 Å². The normalized spacial score (nSPS) is 12.6. The maximum Gasteiger partial charge on any atom is 0.268 e. The topological polar surface area (TPSA) is 65.1 Å². The molecule has 0 saturated heterocycles. The van der Waals surface area contributed by atoms with Gasteiger partial charge in [-0.25, -0.2) is 0 Å². The first-order chi connectivity index (χ1) is 8.99. The number of benzene rings is 1. The van der Waals surface area contributed by atoms with Gasteiger partial charge in [0.2, 0.25) is 0 Å². The van der Waals surface area contributed by atoms with Crippen LogP contribution in [0.25, 0.3) is 10.9 Å². The van der Waals surface area contributed by atoms with Gasteiger partial charge in [-0.15, -0.1) is 0 Å². The maximum absolute atomic E-state index is 12.1. The van der Waals surface area contributed by atoms with Gasteiger partial charge in [-0.3, -0.25) is 4.79 Å². The highest BCUT2D eigenvalue weighted by molar-refractivity contribution is 6.00. The Morgan fingerprint density at radius 1 is 1.42 bits per heavy atom. The van der Waals surface area contributed by atoms with Crippen molar-refractivity contribution < 1.29 is 9.90 Å². The van der Waals surface area contributed by atoms with Crippen molar-refractivity contribution in [3.05, 3.63) is 35.0 Å². The molecule has 1 unspecified atom stereocenters. The standard InChI is InChI=1S/C15H20N2O2/c1-9-4-5-13-12(8-9)11(3)14(17-13)15(19)16-7-6-10(2)18/h4-5,8,10,17-18H,6-7H2,1-3H3,(H,16,19). The van der Waals surface area contributed by atoms with Gasteiger partial charge in [-0.1, -0.05) is 11.6 Å². The number of aromatic amines is 1. The third-order valence-corrected chi connectivity index (χ3v) is 3.29. The van der Waals surface area contributed by atoms with E-state index in [1.165, 1.54) is 5.56 Å². The van der Waals surface area contributed by atoms with Crippen LogP contribution in [-0.4, -0.2) is 28.6 Å². The van der Waals surface area contributed by atoms with E-state index in [0.717, 1.165) is 16.5 Å². The van der Waals surface area contributed by atoms with Crippen LogP contribution >= 0.6 is 0 Å². The largest absolute Gasteiger partial charge is 0.393 e. The van der Waals surface area contributed by atoms with Gasteiger partial charge >= 0.3 is 0 Å². The van der Waals surface area contributed by atoms with Crippen molar-refractivity contribution in [1.82, 2.24) is 10.3 Å². The molecule has 1 heterocycles. The molecular weight excluding hydrogens is 240 g/mol. The molecule has 2 rings (SSSR count). The first kappa shape index (κ1) is 13.6. The van der Waals surface area contributed by atoms with Gasteiger partial charge in [0.25, 0.3) is 5.91 Å². The van der Waals surface area contributed by atoms with Crippen molar-refractivity contribution >= 4 is 16.8 Å². The van der Waals surface area contributed by atoms with E-state index in [1.807, 2.05) is 26.0 Å². The number of fused-ring (bicyclic) bond motifs is 1. The zero-order valence-corrected chi connectivity index (χ0v) is 11.6. The smallest absolute Gasteiger partial charge is 0.268 e. The second kappa shape index (κ2) is 5.45. The number of aromatic nitrogens is 1. The van der Waals surface area contributed by atoms with Crippen LogP contribution in [0.2, 0.25) is 0 Å². The number of aliphatic hydroxyl groups is 1. The molecule has 4 nitrogen and oxygen atoms in total. The molecule has 0 aliphatic carbocycles. The van der Waals surface area contributed by atoms with Gasteiger partial charge in [-0.05, 0) is 44.9 Å². The molecule has 19 heavy (non-hydrogen) atoms. The van der Waals surface area contributed by atoms with Gasteiger partial charge in [0.1, 0.15) is 5.69 Å². The van der Waals surface area contributed by atoms with Gasteiger partial charge in [0.15, 0.2) is 0 Å². The lowest BCUT2D eigenvalue weighted by Gasteiger charge is -2.06. The Balaban J connectivity index is 2.20. The van der Waals surface area contributed by atoms with Crippen LogP contribution in [0.3, 0.4) is 0 Å². The Hall–Kier alpha value is -1.81. The second-order valence-corrected chi connectivity index (χ2v) is 5.07. The quantitative estimate of drug-likeness (QED) is 0.789. The summed E-state index contributed by atoms with van der Waals surface area (Å²) in [5.74, 6) is -0.119. The van der Waals surface area contributed by atoms with Crippen molar-refractivity contribution in [2.45, 2.75) is 33.3 Å². The van der Waals surface area contributed by atoms with Crippen LogP contribution in [0, 0.1) is 13.8 Å². The molecule has 3 N–H and O–H groups in total. The van der Waals surface area contributed by atoms with Crippen LogP contribution in [0.4, 0.5) is 0 Å². The maximum atomic E-state index is 12.1. The Labute approximate surface area is 112 Å². The fourth-order valence-electron chi connectivity index (χ4n) is 2.15. The zero-order valence-electron chi connectivity index (χ0n) is 11.6. The third-order valence-electron chi connectivity index (χ3n) is 3.29. The molecule has 0 radical (unpaired) electrons. The lowest BCUT2D eigenvalue weighted by molar-refractivity contribution is 0.0941. The van der Waals surface area contributed by atoms with E-state index in [0.29, 0.717) is 18.7 Å². The number of nitrogens with one attached hydrogen (secondary N) is 2. The number of aryl methyl sites for hydroxylation is 2. The van der Waals surface area contributed by atoms with Crippen molar-refractivity contribution in [1.29, 1.82) is 0 Å². The van der Waals surface area contributed by atoms with E-state index in [1.54, 1.807) is 6.92 Å². The Morgan fingerprint density at radius 3 is 2.84 bits per heavy atom. The minimum absolute atomic E-state index is 0.119. The number of hydrogen-bond acceptors (Lipinski definition) is 2. The molecule has 0 saturated carbocycles. The number of hydrogen-bond donors (Lipinski definition) is 3. The SMILES string of the molecule is Cc1ccc2[nH]c(C(=O)NCCC(C)O)c(C)c2c1. The molecule has 1 aromatic heterocycles. The Bertz CT molecular complexity index is 599. The summed E-state index contributed by atoms with van der Waals surface area (Å²) in [5, 5.41) is 13.1. The summed E-state index contributed by atoms with van der Waals surface area (Å²) in [6.45, 7) is 6.17. The van der Waals surface area contributed by atoms with E-state index < -0.39 is 6.10 Å². The highest BCUT2D eigenvalue weighted by Gasteiger charge is 2.14. The molecule has 0 bridgehead atoms.